The number of nitrogens with two attached hydrogens (primary N) is 1. The highest BCUT2D eigenvalue weighted by atomic mass is 35.5. The molecule has 1 aliphatic carbocycles. The van der Waals surface area contributed by atoms with Crippen molar-refractivity contribution in [2.24, 2.45) is 5.92 Å². The molecule has 5 heteroatoms. The van der Waals surface area contributed by atoms with Crippen LogP contribution in [-0.4, -0.2) is 10.1 Å². The molecule has 1 aromatic carbocycles. The monoisotopic (exact) mass is 277 g/mol. The number of hydrogen-bond donors (Lipinski definition) is 1. The highest BCUT2D eigenvalue weighted by Crippen LogP contribution is 2.37. The van der Waals surface area contributed by atoms with E-state index in [4.69, 9.17) is 21.9 Å². The van der Waals surface area contributed by atoms with E-state index in [-0.39, 0.29) is 0 Å². The molecule has 0 amide bonds. The molecular formula is C14H16ClN3O. The van der Waals surface area contributed by atoms with Gasteiger partial charge in [-0.1, -0.05) is 23.7 Å². The molecule has 2 N–H and O–H groups in total. The number of anilines is 1. The van der Waals surface area contributed by atoms with E-state index in [1.54, 1.807) is 18.2 Å². The van der Waals surface area contributed by atoms with E-state index < -0.39 is 0 Å². The van der Waals surface area contributed by atoms with Crippen molar-refractivity contribution in [2.75, 3.05) is 5.73 Å². The summed E-state index contributed by atoms with van der Waals surface area (Å²) in [6.07, 6.45) is 3.51. The first kappa shape index (κ1) is 12.5. The Labute approximate surface area is 117 Å². The second-order valence-electron chi connectivity index (χ2n) is 5.35. The van der Waals surface area contributed by atoms with Gasteiger partial charge in [-0.05, 0) is 43.4 Å². The molecule has 1 heterocycles. The van der Waals surface area contributed by atoms with Gasteiger partial charge < -0.3 is 10.3 Å². The number of rotatable bonds is 2. The van der Waals surface area contributed by atoms with Gasteiger partial charge in [-0.3, -0.25) is 0 Å². The van der Waals surface area contributed by atoms with Crippen molar-refractivity contribution in [1.82, 2.24) is 10.1 Å². The molecule has 2 aromatic rings. The van der Waals surface area contributed by atoms with Gasteiger partial charge in [-0.2, -0.15) is 4.98 Å². The number of aromatic nitrogens is 2. The largest absolute Gasteiger partial charge is 0.399 e. The summed E-state index contributed by atoms with van der Waals surface area (Å²) < 4.78 is 5.33. The zero-order valence-corrected chi connectivity index (χ0v) is 11.5. The van der Waals surface area contributed by atoms with Crippen molar-refractivity contribution in [3.63, 3.8) is 0 Å². The van der Waals surface area contributed by atoms with E-state index >= 15 is 0 Å². The molecule has 2 atom stereocenters. The van der Waals surface area contributed by atoms with E-state index in [1.165, 1.54) is 6.42 Å². The Kier molecular flexibility index (Phi) is 3.19. The second kappa shape index (κ2) is 4.85. The quantitative estimate of drug-likeness (QED) is 0.846. The van der Waals surface area contributed by atoms with Crippen molar-refractivity contribution < 1.29 is 4.52 Å². The number of nitrogens with zero attached hydrogens (tertiary/aromatic N) is 2. The fourth-order valence-corrected chi connectivity index (χ4v) is 2.94. The number of nitrogen functional groups attached to an aromatic ring is 1. The van der Waals surface area contributed by atoms with Gasteiger partial charge in [0.15, 0.2) is 5.82 Å². The van der Waals surface area contributed by atoms with Crippen LogP contribution in [0.2, 0.25) is 5.02 Å². The number of halogens is 1. The van der Waals surface area contributed by atoms with Crippen molar-refractivity contribution in [3.8, 4) is 11.5 Å². The molecule has 1 aliphatic rings. The molecule has 0 aliphatic heterocycles. The first-order valence-electron chi connectivity index (χ1n) is 6.52. The fourth-order valence-electron chi connectivity index (χ4n) is 2.70. The predicted molar refractivity (Wildman–Crippen MR) is 74.9 cm³/mol. The van der Waals surface area contributed by atoms with E-state index in [0.717, 1.165) is 30.1 Å². The van der Waals surface area contributed by atoms with Gasteiger partial charge in [0.1, 0.15) is 0 Å². The van der Waals surface area contributed by atoms with Gasteiger partial charge in [0.25, 0.3) is 5.89 Å². The van der Waals surface area contributed by atoms with Gasteiger partial charge >= 0.3 is 0 Å². The topological polar surface area (TPSA) is 64.9 Å². The maximum absolute atomic E-state index is 5.98. The minimum Gasteiger partial charge on any atom is -0.399 e. The molecule has 19 heavy (non-hydrogen) atoms. The van der Waals surface area contributed by atoms with Crippen molar-refractivity contribution >= 4 is 17.3 Å². The number of hydrogen-bond acceptors (Lipinski definition) is 4. The highest BCUT2D eigenvalue weighted by Gasteiger charge is 2.27. The lowest BCUT2D eigenvalue weighted by Gasteiger charge is -2.02. The van der Waals surface area contributed by atoms with Gasteiger partial charge in [-0.15, -0.1) is 0 Å². The zero-order valence-electron chi connectivity index (χ0n) is 10.8. The third-order valence-electron chi connectivity index (χ3n) is 3.67. The van der Waals surface area contributed by atoms with Crippen LogP contribution in [0.3, 0.4) is 0 Å². The van der Waals surface area contributed by atoms with E-state index in [1.807, 2.05) is 0 Å². The summed E-state index contributed by atoms with van der Waals surface area (Å²) in [6, 6.07) is 5.27. The molecule has 0 radical (unpaired) electrons. The Balaban J connectivity index is 1.88. The molecular weight excluding hydrogens is 262 g/mol. The normalized spacial score (nSPS) is 22.8. The lowest BCUT2D eigenvalue weighted by molar-refractivity contribution is 0.414. The maximum atomic E-state index is 5.98. The first-order chi connectivity index (χ1) is 9.11. The Morgan fingerprint density at radius 2 is 2.16 bits per heavy atom. The minimum absolute atomic E-state index is 0.420. The lowest BCUT2D eigenvalue weighted by Crippen LogP contribution is -1.96. The molecule has 0 saturated heterocycles. The standard InChI is InChI=1S/C14H16ClN3O/c1-8-2-3-9(4-8)13-17-14(19-18-13)10-5-11(15)7-12(16)6-10/h5-9H,2-4,16H2,1H3. The summed E-state index contributed by atoms with van der Waals surface area (Å²) >= 11 is 5.98. The van der Waals surface area contributed by atoms with Crippen LogP contribution < -0.4 is 5.73 Å². The molecule has 100 valence electrons. The fraction of sp³-hybridized carbons (Fsp3) is 0.429. The average Bonchev–Trinajstić information content (AvgIpc) is 2.95. The Bertz CT molecular complexity index is 576. The maximum Gasteiger partial charge on any atom is 0.258 e. The molecule has 0 bridgehead atoms. The second-order valence-corrected chi connectivity index (χ2v) is 5.78. The van der Waals surface area contributed by atoms with E-state index in [9.17, 15) is 0 Å². The van der Waals surface area contributed by atoms with Gasteiger partial charge in [0.2, 0.25) is 0 Å². The van der Waals surface area contributed by atoms with Crippen LogP contribution in [0.5, 0.6) is 0 Å². The SMILES string of the molecule is CC1CCC(c2noc(-c3cc(N)cc(Cl)c3)n2)C1. The van der Waals surface area contributed by atoms with Gasteiger partial charge in [0.05, 0.1) is 0 Å². The summed E-state index contributed by atoms with van der Waals surface area (Å²) in [5.41, 5.74) is 7.14. The molecule has 3 rings (SSSR count). The van der Waals surface area contributed by atoms with Crippen LogP contribution in [-0.2, 0) is 0 Å². The Morgan fingerprint density at radius 3 is 2.84 bits per heavy atom. The summed E-state index contributed by atoms with van der Waals surface area (Å²) in [5.74, 6) is 2.46. The van der Waals surface area contributed by atoms with E-state index in [2.05, 4.69) is 17.1 Å². The number of benzene rings is 1. The summed E-state index contributed by atoms with van der Waals surface area (Å²) in [6.45, 7) is 2.26. The minimum atomic E-state index is 0.420. The van der Waals surface area contributed by atoms with Gasteiger partial charge in [0, 0.05) is 22.2 Å². The summed E-state index contributed by atoms with van der Waals surface area (Å²) in [5, 5.41) is 4.67. The van der Waals surface area contributed by atoms with Crippen LogP contribution >= 0.6 is 11.6 Å². The molecule has 1 saturated carbocycles. The van der Waals surface area contributed by atoms with Crippen LogP contribution in [0.1, 0.15) is 37.9 Å². The third-order valence-corrected chi connectivity index (χ3v) is 3.89. The van der Waals surface area contributed by atoms with Crippen LogP contribution in [0.15, 0.2) is 22.7 Å². The third kappa shape index (κ3) is 2.59. The van der Waals surface area contributed by atoms with Crippen molar-refractivity contribution in [2.45, 2.75) is 32.1 Å². The average molecular weight is 278 g/mol. The Morgan fingerprint density at radius 1 is 1.32 bits per heavy atom. The van der Waals surface area contributed by atoms with Crippen molar-refractivity contribution in [1.29, 1.82) is 0 Å². The molecule has 1 aromatic heterocycles. The Hall–Kier alpha value is -1.55. The van der Waals surface area contributed by atoms with E-state index in [0.29, 0.717) is 22.5 Å². The highest BCUT2D eigenvalue weighted by molar-refractivity contribution is 6.31. The predicted octanol–water partition coefficient (Wildman–Crippen LogP) is 3.88. The zero-order chi connectivity index (χ0) is 13.4. The molecule has 1 fully saturated rings. The smallest absolute Gasteiger partial charge is 0.258 e. The first-order valence-corrected chi connectivity index (χ1v) is 6.89. The van der Waals surface area contributed by atoms with Crippen LogP contribution in [0.25, 0.3) is 11.5 Å². The summed E-state index contributed by atoms with van der Waals surface area (Å²) in [4.78, 5) is 4.49. The summed E-state index contributed by atoms with van der Waals surface area (Å²) in [7, 11) is 0. The van der Waals surface area contributed by atoms with Crippen molar-refractivity contribution in [3.05, 3.63) is 29.0 Å². The van der Waals surface area contributed by atoms with Gasteiger partial charge in [-0.25, -0.2) is 0 Å². The molecule has 2 unspecified atom stereocenters. The molecule has 4 nitrogen and oxygen atoms in total. The lowest BCUT2D eigenvalue weighted by atomic mass is 10.1. The van der Waals surface area contributed by atoms with Crippen LogP contribution in [0.4, 0.5) is 5.69 Å². The van der Waals surface area contributed by atoms with Crippen LogP contribution in [0, 0.1) is 5.92 Å². The molecule has 0 spiro atoms.